The lowest BCUT2D eigenvalue weighted by Gasteiger charge is -2.22. The number of halogens is 2. The van der Waals surface area contributed by atoms with Crippen LogP contribution >= 0.6 is 23.2 Å². The molecule has 0 heterocycles. The summed E-state index contributed by atoms with van der Waals surface area (Å²) in [6.07, 6.45) is 0. The van der Waals surface area contributed by atoms with Crippen LogP contribution in [0.25, 0.3) is 0 Å². The van der Waals surface area contributed by atoms with Crippen molar-refractivity contribution in [3.05, 3.63) is 22.2 Å². The molecule has 1 aromatic rings. The Kier molecular flexibility index (Phi) is 3.94. The predicted octanol–water partition coefficient (Wildman–Crippen LogP) is 1.80. The number of hydrogen-bond donors (Lipinski definition) is 2. The zero-order chi connectivity index (χ0) is 12.7. The van der Waals surface area contributed by atoms with E-state index in [0.717, 1.165) is 0 Å². The molecular weight excluding hydrogens is 279 g/mol. The van der Waals surface area contributed by atoms with Gasteiger partial charge in [-0.25, -0.2) is 0 Å². The van der Waals surface area contributed by atoms with Gasteiger partial charge < -0.3 is 9.59 Å². The molecule has 90 valence electrons. The fraction of sp³-hybridized carbons (Fsp3) is 0.400. The largest absolute Gasteiger partial charge is 0.428 e. The van der Waals surface area contributed by atoms with Gasteiger partial charge in [0.2, 0.25) is 16.6 Å². The van der Waals surface area contributed by atoms with E-state index in [1.54, 1.807) is 38.3 Å². The maximum Gasteiger partial charge on any atom is 0.215 e. The van der Waals surface area contributed by atoms with E-state index in [1.807, 2.05) is 0 Å². The molecule has 0 aliphatic carbocycles. The van der Waals surface area contributed by atoms with Gasteiger partial charge in [-0.05, 0) is 48.7 Å². The lowest BCUT2D eigenvalue weighted by atomic mass is 10.3. The van der Waals surface area contributed by atoms with Crippen LogP contribution < -0.4 is 10.4 Å². The highest BCUT2D eigenvalue weighted by molar-refractivity contribution is 6.87. The van der Waals surface area contributed by atoms with Crippen LogP contribution in [0, 0.1) is 0 Å². The van der Waals surface area contributed by atoms with Gasteiger partial charge in [0, 0.05) is 10.0 Å². The number of rotatable bonds is 2. The lowest BCUT2D eigenvalue weighted by Crippen LogP contribution is -2.47. The SMILES string of the molecule is C[Si](C)(O)c1cc(Cl)c([Si](C)(C)O)cc1Cl. The smallest absolute Gasteiger partial charge is 0.215 e. The molecule has 1 aromatic carbocycles. The Hall–Kier alpha value is 0.154. The molecule has 0 spiro atoms. The molecule has 0 amide bonds. The van der Waals surface area contributed by atoms with Crippen LogP contribution in [0.3, 0.4) is 0 Å². The van der Waals surface area contributed by atoms with E-state index in [-0.39, 0.29) is 0 Å². The Labute approximate surface area is 108 Å². The van der Waals surface area contributed by atoms with Crippen molar-refractivity contribution >= 4 is 50.2 Å². The van der Waals surface area contributed by atoms with Gasteiger partial charge in [-0.2, -0.15) is 0 Å². The Bertz CT molecular complexity index is 369. The van der Waals surface area contributed by atoms with Crippen LogP contribution in [0.1, 0.15) is 0 Å². The highest BCUT2D eigenvalue weighted by Crippen LogP contribution is 2.17. The van der Waals surface area contributed by atoms with Crippen molar-refractivity contribution in [3.63, 3.8) is 0 Å². The Morgan fingerprint density at radius 3 is 1.25 bits per heavy atom. The summed E-state index contributed by atoms with van der Waals surface area (Å²) < 4.78 is 0. The maximum absolute atomic E-state index is 10.0. The van der Waals surface area contributed by atoms with Gasteiger partial charge in [-0.1, -0.05) is 23.2 Å². The molecule has 0 bridgehead atoms. The Morgan fingerprint density at radius 1 is 0.812 bits per heavy atom. The minimum Gasteiger partial charge on any atom is -0.428 e. The molecule has 0 saturated heterocycles. The van der Waals surface area contributed by atoms with Crippen molar-refractivity contribution in [2.24, 2.45) is 0 Å². The molecule has 16 heavy (non-hydrogen) atoms. The third-order valence-corrected chi connectivity index (χ3v) is 6.78. The molecule has 2 nitrogen and oxygen atoms in total. The van der Waals surface area contributed by atoms with Gasteiger partial charge >= 0.3 is 0 Å². The van der Waals surface area contributed by atoms with Crippen molar-refractivity contribution in [1.82, 2.24) is 0 Å². The quantitative estimate of drug-likeness (QED) is 0.817. The van der Waals surface area contributed by atoms with Crippen LogP contribution in [0.5, 0.6) is 0 Å². The molecule has 0 atom stereocenters. The summed E-state index contributed by atoms with van der Waals surface area (Å²) in [6, 6.07) is 3.38. The summed E-state index contributed by atoms with van der Waals surface area (Å²) in [4.78, 5) is 20.1. The van der Waals surface area contributed by atoms with Crippen molar-refractivity contribution in [3.8, 4) is 0 Å². The van der Waals surface area contributed by atoms with Gasteiger partial charge in [0.15, 0.2) is 0 Å². The lowest BCUT2D eigenvalue weighted by molar-refractivity contribution is 0.566. The molecule has 0 aromatic heterocycles. The first-order valence-corrected chi connectivity index (χ1v) is 11.6. The minimum atomic E-state index is -2.47. The summed E-state index contributed by atoms with van der Waals surface area (Å²) in [5.74, 6) is 0. The average molecular weight is 295 g/mol. The predicted molar refractivity (Wildman–Crippen MR) is 75.1 cm³/mol. The minimum absolute atomic E-state index is 0.494. The summed E-state index contributed by atoms with van der Waals surface area (Å²) in [5, 5.41) is 2.41. The molecule has 0 fully saturated rings. The van der Waals surface area contributed by atoms with E-state index in [1.165, 1.54) is 0 Å². The molecular formula is C10H16Cl2O2Si2. The van der Waals surface area contributed by atoms with Gasteiger partial charge in [0.1, 0.15) is 0 Å². The molecule has 0 aliphatic heterocycles. The summed E-state index contributed by atoms with van der Waals surface area (Å²) in [6.45, 7) is 7.13. The van der Waals surface area contributed by atoms with Crippen LogP contribution in [0.2, 0.25) is 36.2 Å². The van der Waals surface area contributed by atoms with Crippen LogP contribution in [-0.2, 0) is 0 Å². The molecule has 0 radical (unpaired) electrons. The van der Waals surface area contributed by atoms with Crippen molar-refractivity contribution in [1.29, 1.82) is 0 Å². The van der Waals surface area contributed by atoms with Gasteiger partial charge in [-0.3, -0.25) is 0 Å². The van der Waals surface area contributed by atoms with E-state index in [9.17, 15) is 9.59 Å². The monoisotopic (exact) mass is 294 g/mol. The molecule has 6 heteroatoms. The fourth-order valence-corrected chi connectivity index (χ4v) is 5.69. The maximum atomic E-state index is 10.0. The second-order valence-electron chi connectivity index (χ2n) is 4.93. The highest BCUT2D eigenvalue weighted by Gasteiger charge is 2.29. The molecule has 0 saturated carbocycles. The van der Waals surface area contributed by atoms with Crippen LogP contribution in [-0.4, -0.2) is 26.2 Å². The topological polar surface area (TPSA) is 40.5 Å². The second kappa shape index (κ2) is 4.44. The first kappa shape index (κ1) is 14.2. The first-order valence-electron chi connectivity index (χ1n) is 4.98. The zero-order valence-corrected chi connectivity index (χ0v) is 13.3. The Balaban J connectivity index is 3.40. The zero-order valence-electron chi connectivity index (χ0n) is 9.81. The Morgan fingerprint density at radius 2 is 1.06 bits per heavy atom. The second-order valence-corrected chi connectivity index (χ2v) is 13.1. The third-order valence-electron chi connectivity index (χ3n) is 2.37. The molecule has 1 rings (SSSR count). The highest BCUT2D eigenvalue weighted by atomic mass is 35.5. The summed E-state index contributed by atoms with van der Waals surface area (Å²) in [7, 11) is -4.95. The van der Waals surface area contributed by atoms with Crippen LogP contribution in [0.15, 0.2) is 12.1 Å². The van der Waals surface area contributed by atoms with E-state index in [4.69, 9.17) is 23.2 Å². The molecule has 0 aliphatic rings. The van der Waals surface area contributed by atoms with E-state index >= 15 is 0 Å². The van der Waals surface area contributed by atoms with E-state index < -0.39 is 16.6 Å². The van der Waals surface area contributed by atoms with Crippen LogP contribution in [0.4, 0.5) is 0 Å². The number of benzene rings is 1. The molecule has 2 N–H and O–H groups in total. The fourth-order valence-electron chi connectivity index (χ4n) is 1.48. The van der Waals surface area contributed by atoms with E-state index in [2.05, 4.69) is 0 Å². The number of hydrogen-bond acceptors (Lipinski definition) is 2. The van der Waals surface area contributed by atoms with Gasteiger partial charge in [0.05, 0.1) is 0 Å². The van der Waals surface area contributed by atoms with Gasteiger partial charge in [-0.15, -0.1) is 0 Å². The standard InChI is InChI=1S/C10H16Cl2O2Si2/c1-15(2,13)9-5-8(12)10(6-7(9)11)16(3,4)14/h5-6,13-14H,1-4H3. The average Bonchev–Trinajstić information content (AvgIpc) is 2.04. The summed E-state index contributed by atoms with van der Waals surface area (Å²) in [5.41, 5.74) is 0. The normalized spacial score (nSPS) is 13.0. The van der Waals surface area contributed by atoms with E-state index in [0.29, 0.717) is 20.4 Å². The van der Waals surface area contributed by atoms with Gasteiger partial charge in [0.25, 0.3) is 0 Å². The third kappa shape index (κ3) is 3.09. The van der Waals surface area contributed by atoms with Crippen molar-refractivity contribution < 1.29 is 9.59 Å². The first-order chi connectivity index (χ1) is 7.03. The molecule has 0 unspecified atom stereocenters. The summed E-state index contributed by atoms with van der Waals surface area (Å²) >= 11 is 12.2. The van der Waals surface area contributed by atoms with Crippen molar-refractivity contribution in [2.75, 3.05) is 0 Å². The van der Waals surface area contributed by atoms with Crippen molar-refractivity contribution in [2.45, 2.75) is 26.2 Å².